The molecule has 0 saturated heterocycles. The van der Waals surface area contributed by atoms with Gasteiger partial charge in [-0.25, -0.2) is 9.07 Å². The summed E-state index contributed by atoms with van der Waals surface area (Å²) in [6, 6.07) is 6.24. The van der Waals surface area contributed by atoms with Gasteiger partial charge in [-0.05, 0) is 63.5 Å². The Labute approximate surface area is 162 Å². The maximum Gasteiger partial charge on any atom is 0.250 e. The molecule has 0 aliphatic heterocycles. The molecule has 142 valence electrons. The third kappa shape index (κ3) is 3.52. The summed E-state index contributed by atoms with van der Waals surface area (Å²) in [7, 11) is 0. The van der Waals surface area contributed by atoms with Gasteiger partial charge in [0, 0.05) is 17.3 Å². The van der Waals surface area contributed by atoms with Gasteiger partial charge in [0.2, 0.25) is 0 Å². The van der Waals surface area contributed by atoms with Crippen molar-refractivity contribution in [2.24, 2.45) is 5.73 Å². The lowest BCUT2D eigenvalue weighted by Crippen LogP contribution is -2.44. The van der Waals surface area contributed by atoms with E-state index in [1.807, 2.05) is 19.9 Å². The number of aromatic nitrogens is 4. The van der Waals surface area contributed by atoms with E-state index >= 15 is 0 Å². The summed E-state index contributed by atoms with van der Waals surface area (Å²) < 4.78 is 20.2. The largest absolute Gasteiger partial charge is 0.335 e. The van der Waals surface area contributed by atoms with Gasteiger partial charge in [-0.15, -0.1) is 12.4 Å². The van der Waals surface area contributed by atoms with Crippen LogP contribution in [0.3, 0.4) is 0 Å². The van der Waals surface area contributed by atoms with Gasteiger partial charge < -0.3 is 10.3 Å². The van der Waals surface area contributed by atoms with Gasteiger partial charge in [0.15, 0.2) is 5.82 Å². The number of hydrogen-bond acceptors (Lipinski definition) is 5. The quantitative estimate of drug-likeness (QED) is 0.730. The lowest BCUT2D eigenvalue weighted by molar-refractivity contribution is 0.229. The summed E-state index contributed by atoms with van der Waals surface area (Å²) in [6.07, 6.45) is 6.54. The molecule has 2 N–H and O–H groups in total. The predicted molar refractivity (Wildman–Crippen MR) is 103 cm³/mol. The van der Waals surface area contributed by atoms with Gasteiger partial charge in [-0.3, -0.25) is 0 Å². The van der Waals surface area contributed by atoms with Crippen LogP contribution in [0.2, 0.25) is 0 Å². The van der Waals surface area contributed by atoms with E-state index in [1.54, 1.807) is 22.9 Å². The molecule has 0 bridgehead atoms. The van der Waals surface area contributed by atoms with Crippen molar-refractivity contribution in [3.63, 3.8) is 0 Å². The van der Waals surface area contributed by atoms with Gasteiger partial charge in [0.05, 0.1) is 16.9 Å². The Morgan fingerprint density at radius 2 is 1.89 bits per heavy atom. The molecule has 0 amide bonds. The highest BCUT2D eigenvalue weighted by Crippen LogP contribution is 2.37. The summed E-state index contributed by atoms with van der Waals surface area (Å²) in [5.41, 5.74) is 9.35. The highest BCUT2D eigenvalue weighted by molar-refractivity contribution is 5.85. The Hall–Kier alpha value is -2.51. The summed E-state index contributed by atoms with van der Waals surface area (Å²) in [6.45, 7) is 3.89. The molecule has 1 aromatic carbocycles. The molecular formula is C19H21ClFN5O. The lowest BCUT2D eigenvalue weighted by Gasteiger charge is -2.34. The second-order valence-corrected chi connectivity index (χ2v) is 6.77. The van der Waals surface area contributed by atoms with Crippen molar-refractivity contribution in [3.05, 3.63) is 58.7 Å². The molecule has 2 heterocycles. The fourth-order valence-electron chi connectivity index (χ4n) is 3.17. The molecule has 1 aliphatic carbocycles. The van der Waals surface area contributed by atoms with E-state index in [2.05, 4.69) is 15.2 Å². The van der Waals surface area contributed by atoms with Crippen LogP contribution in [0.25, 0.3) is 17.8 Å². The lowest BCUT2D eigenvalue weighted by atomic mass is 9.77. The Morgan fingerprint density at radius 1 is 1.19 bits per heavy atom. The maximum atomic E-state index is 13.1. The van der Waals surface area contributed by atoms with E-state index in [-0.39, 0.29) is 18.2 Å². The molecule has 0 unspecified atom stereocenters. The zero-order valence-electron chi connectivity index (χ0n) is 15.1. The fraction of sp³-hybridized carbons (Fsp3) is 0.316. The first-order valence-electron chi connectivity index (χ1n) is 8.60. The Balaban J connectivity index is 0.00000210. The van der Waals surface area contributed by atoms with Crippen LogP contribution in [0.4, 0.5) is 4.39 Å². The summed E-state index contributed by atoms with van der Waals surface area (Å²) >= 11 is 0. The van der Waals surface area contributed by atoms with E-state index in [1.165, 1.54) is 12.1 Å². The minimum atomic E-state index is -0.436. The monoisotopic (exact) mass is 389 g/mol. The van der Waals surface area contributed by atoms with Crippen LogP contribution in [-0.4, -0.2) is 19.9 Å². The first-order chi connectivity index (χ1) is 12.5. The minimum Gasteiger partial charge on any atom is -0.335 e. The van der Waals surface area contributed by atoms with Gasteiger partial charge in [-0.1, -0.05) is 5.16 Å². The van der Waals surface area contributed by atoms with E-state index < -0.39 is 5.54 Å². The number of benzene rings is 1. The van der Waals surface area contributed by atoms with Crippen LogP contribution >= 0.6 is 12.4 Å². The molecule has 0 radical (unpaired) electrons. The van der Waals surface area contributed by atoms with Crippen molar-refractivity contribution in [2.75, 3.05) is 0 Å². The van der Waals surface area contributed by atoms with E-state index in [0.717, 1.165) is 41.9 Å². The third-order valence-corrected chi connectivity index (χ3v) is 4.94. The number of rotatable bonds is 4. The Kier molecular flexibility index (Phi) is 5.17. The number of aryl methyl sites for hydroxylation is 1. The third-order valence-electron chi connectivity index (χ3n) is 4.94. The van der Waals surface area contributed by atoms with Crippen molar-refractivity contribution in [3.8, 4) is 5.69 Å². The molecule has 0 atom stereocenters. The van der Waals surface area contributed by atoms with Gasteiger partial charge >= 0.3 is 0 Å². The molecule has 1 saturated carbocycles. The topological polar surface area (TPSA) is 82.8 Å². The van der Waals surface area contributed by atoms with E-state index in [0.29, 0.717) is 11.7 Å². The van der Waals surface area contributed by atoms with Crippen LogP contribution in [0.1, 0.15) is 47.9 Å². The molecule has 27 heavy (non-hydrogen) atoms. The summed E-state index contributed by atoms with van der Waals surface area (Å²) in [5, 5.41) is 8.55. The second-order valence-electron chi connectivity index (χ2n) is 6.77. The molecule has 3 aromatic rings. The normalized spacial score (nSPS) is 15.6. The van der Waals surface area contributed by atoms with Crippen LogP contribution in [0.15, 0.2) is 28.8 Å². The Morgan fingerprint density at radius 3 is 2.52 bits per heavy atom. The molecule has 0 spiro atoms. The summed E-state index contributed by atoms with van der Waals surface area (Å²) in [4.78, 5) is 4.39. The molecule has 1 fully saturated rings. The first kappa shape index (κ1) is 19.3. The average Bonchev–Trinajstić information content (AvgIpc) is 3.17. The minimum absolute atomic E-state index is 0. The van der Waals surface area contributed by atoms with Crippen molar-refractivity contribution in [1.82, 2.24) is 19.9 Å². The van der Waals surface area contributed by atoms with Gasteiger partial charge in [-0.2, -0.15) is 10.1 Å². The highest BCUT2D eigenvalue weighted by atomic mass is 35.5. The Bertz CT molecular complexity index is 973. The molecule has 6 nitrogen and oxygen atoms in total. The highest BCUT2D eigenvalue weighted by Gasteiger charge is 2.38. The smallest absolute Gasteiger partial charge is 0.250 e. The number of nitrogens with two attached hydrogens (primary N) is 1. The number of hydrogen-bond donors (Lipinski definition) is 1. The standard InChI is InChI=1S/C19H20FN5O.ClH/c1-12-16(13(2)25(23-12)15-6-4-14(20)5-7-15)8-9-17-22-18(24-26-17)19(21)10-3-11-19;/h4-9H,3,10-11,21H2,1-2H3;1H/b9-8+;. The van der Waals surface area contributed by atoms with E-state index in [4.69, 9.17) is 10.3 Å². The summed E-state index contributed by atoms with van der Waals surface area (Å²) in [5.74, 6) is 0.718. The fourth-order valence-corrected chi connectivity index (χ4v) is 3.17. The predicted octanol–water partition coefficient (Wildman–Crippen LogP) is 3.94. The van der Waals surface area contributed by atoms with E-state index in [9.17, 15) is 4.39 Å². The zero-order chi connectivity index (χ0) is 18.3. The molecular weight excluding hydrogens is 369 g/mol. The maximum absolute atomic E-state index is 13.1. The SMILES string of the molecule is Cc1nn(-c2ccc(F)cc2)c(C)c1/C=C/c1nc(C2(N)CCC2)no1.Cl. The molecule has 2 aromatic heterocycles. The molecule has 4 rings (SSSR count). The van der Waals surface area contributed by atoms with Crippen LogP contribution in [-0.2, 0) is 5.54 Å². The van der Waals surface area contributed by atoms with Crippen LogP contribution in [0, 0.1) is 19.7 Å². The van der Waals surface area contributed by atoms with Gasteiger partial charge in [0.1, 0.15) is 5.82 Å². The van der Waals surface area contributed by atoms with Crippen molar-refractivity contribution in [2.45, 2.75) is 38.6 Å². The zero-order valence-corrected chi connectivity index (χ0v) is 16.0. The number of nitrogens with zero attached hydrogens (tertiary/aromatic N) is 4. The average molecular weight is 390 g/mol. The molecule has 1 aliphatic rings. The van der Waals surface area contributed by atoms with Crippen molar-refractivity contribution in [1.29, 1.82) is 0 Å². The van der Waals surface area contributed by atoms with Crippen molar-refractivity contribution >= 4 is 24.6 Å². The van der Waals surface area contributed by atoms with Crippen LogP contribution in [0.5, 0.6) is 0 Å². The first-order valence-corrected chi connectivity index (χ1v) is 8.60. The van der Waals surface area contributed by atoms with Crippen molar-refractivity contribution < 1.29 is 8.91 Å². The molecule has 8 heteroatoms. The number of halogens is 2. The van der Waals surface area contributed by atoms with Gasteiger partial charge in [0.25, 0.3) is 5.89 Å². The van der Waals surface area contributed by atoms with Crippen LogP contribution < -0.4 is 5.73 Å². The second kappa shape index (κ2) is 7.25.